The lowest BCUT2D eigenvalue weighted by molar-refractivity contribution is 1.28. The molecule has 0 atom stereocenters. The van der Waals surface area contributed by atoms with Crippen LogP contribution in [0.25, 0.3) is 6.08 Å². The maximum Gasteiger partial charge on any atom is 0.0657 e. The first-order valence-electron chi connectivity index (χ1n) is 9.18. The molecule has 1 nitrogen and oxygen atoms in total. The van der Waals surface area contributed by atoms with Crippen LogP contribution < -0.4 is 4.90 Å². The number of nitrogens with zero attached hydrogens (tertiary/aromatic N) is 1. The van der Waals surface area contributed by atoms with Crippen molar-refractivity contribution in [1.29, 1.82) is 0 Å². The lowest BCUT2D eigenvalue weighted by Gasteiger charge is -2.25. The smallest absolute Gasteiger partial charge is 0.0657 e. The summed E-state index contributed by atoms with van der Waals surface area (Å²) in [7, 11) is 0. The molecule has 0 aliphatic carbocycles. The molecule has 4 rings (SSSR count). The molecule has 5 heteroatoms. The molecule has 0 aromatic heterocycles. The maximum atomic E-state index is 2.29. The lowest BCUT2D eigenvalue weighted by Crippen LogP contribution is -2.09. The SMILES string of the molecule is CSC1=C(SC)SC(=Cc2ccc(N(c3ccccc3)c3ccccc3)cc2)S1. The minimum Gasteiger partial charge on any atom is -0.311 e. The van der Waals surface area contributed by atoms with Gasteiger partial charge in [0.15, 0.2) is 0 Å². The molecule has 0 unspecified atom stereocenters. The van der Waals surface area contributed by atoms with E-state index in [1.807, 2.05) is 47.0 Å². The second-order valence-corrected chi connectivity index (χ2v) is 10.8. The van der Waals surface area contributed by atoms with Crippen molar-refractivity contribution in [1.82, 2.24) is 0 Å². The van der Waals surface area contributed by atoms with Crippen molar-refractivity contribution in [2.45, 2.75) is 0 Å². The van der Waals surface area contributed by atoms with Crippen LogP contribution >= 0.6 is 47.0 Å². The van der Waals surface area contributed by atoms with E-state index in [2.05, 4.69) is 108 Å². The van der Waals surface area contributed by atoms with Crippen molar-refractivity contribution < 1.29 is 0 Å². The van der Waals surface area contributed by atoms with E-state index in [1.165, 1.54) is 18.3 Å². The number of hydrogen-bond acceptors (Lipinski definition) is 5. The van der Waals surface area contributed by atoms with Crippen molar-refractivity contribution in [3.63, 3.8) is 0 Å². The van der Waals surface area contributed by atoms with Gasteiger partial charge in [-0.05, 0) is 60.5 Å². The summed E-state index contributed by atoms with van der Waals surface area (Å²) in [6.07, 6.45) is 6.59. The molecule has 1 heterocycles. The molecule has 29 heavy (non-hydrogen) atoms. The Labute approximate surface area is 190 Å². The van der Waals surface area contributed by atoms with Gasteiger partial charge in [0.05, 0.1) is 12.7 Å². The number of anilines is 3. The van der Waals surface area contributed by atoms with E-state index in [4.69, 9.17) is 0 Å². The number of para-hydroxylation sites is 2. The van der Waals surface area contributed by atoms with Gasteiger partial charge >= 0.3 is 0 Å². The number of benzene rings is 3. The third kappa shape index (κ3) is 4.92. The van der Waals surface area contributed by atoms with E-state index >= 15 is 0 Å². The summed E-state index contributed by atoms with van der Waals surface area (Å²) in [5.41, 5.74) is 4.70. The van der Waals surface area contributed by atoms with Crippen molar-refractivity contribution >= 4 is 70.2 Å². The molecule has 0 fully saturated rings. The summed E-state index contributed by atoms with van der Waals surface area (Å²) >= 11 is 7.42. The Hall–Kier alpha value is -1.66. The Balaban J connectivity index is 1.61. The summed E-state index contributed by atoms with van der Waals surface area (Å²) in [6.45, 7) is 0. The van der Waals surface area contributed by atoms with Gasteiger partial charge in [0.1, 0.15) is 0 Å². The molecule has 0 amide bonds. The van der Waals surface area contributed by atoms with Gasteiger partial charge < -0.3 is 4.90 Å². The number of thioether (sulfide) groups is 4. The number of hydrogen-bond donors (Lipinski definition) is 0. The first kappa shape index (κ1) is 20.6. The maximum absolute atomic E-state index is 2.29. The van der Waals surface area contributed by atoms with Crippen LogP contribution in [-0.4, -0.2) is 12.5 Å². The molecule has 0 N–H and O–H groups in total. The third-order valence-corrected chi connectivity index (χ3v) is 9.47. The van der Waals surface area contributed by atoms with Crippen LogP contribution in [0.2, 0.25) is 0 Å². The molecule has 146 valence electrons. The van der Waals surface area contributed by atoms with Gasteiger partial charge in [0.25, 0.3) is 0 Å². The largest absolute Gasteiger partial charge is 0.311 e. The fourth-order valence-electron chi connectivity index (χ4n) is 3.05. The molecule has 0 saturated heterocycles. The highest BCUT2D eigenvalue weighted by Crippen LogP contribution is 2.56. The molecule has 3 aromatic rings. The summed E-state index contributed by atoms with van der Waals surface area (Å²) in [5, 5.41) is 0. The standard InChI is InChI=1S/C24H21NS4/c1-26-23-24(27-2)29-22(28-23)17-18-13-15-21(16-14-18)25(19-9-5-3-6-10-19)20-11-7-4-8-12-20/h3-17H,1-2H3. The zero-order valence-corrected chi connectivity index (χ0v) is 19.5. The highest BCUT2D eigenvalue weighted by atomic mass is 32.3. The fraction of sp³-hybridized carbons (Fsp3) is 0.0833. The van der Waals surface area contributed by atoms with Gasteiger partial charge in [0, 0.05) is 17.1 Å². The van der Waals surface area contributed by atoms with Gasteiger partial charge in [0.2, 0.25) is 0 Å². The fourth-order valence-corrected chi connectivity index (χ4v) is 8.00. The minimum absolute atomic E-state index is 1.16. The Kier molecular flexibility index (Phi) is 7.03. The van der Waals surface area contributed by atoms with Crippen LogP contribution in [0.5, 0.6) is 0 Å². The van der Waals surface area contributed by atoms with Crippen molar-refractivity contribution in [2.24, 2.45) is 0 Å². The molecule has 0 saturated carbocycles. The summed E-state index contributed by atoms with van der Waals surface area (Å²) in [6, 6.07) is 29.8. The zero-order chi connectivity index (χ0) is 20.1. The van der Waals surface area contributed by atoms with E-state index in [0.29, 0.717) is 0 Å². The second-order valence-electron chi connectivity index (χ2n) is 6.25. The minimum atomic E-state index is 1.16. The lowest BCUT2D eigenvalue weighted by atomic mass is 10.1. The summed E-state index contributed by atoms with van der Waals surface area (Å²) in [4.78, 5) is 2.29. The van der Waals surface area contributed by atoms with Gasteiger partial charge in [-0.3, -0.25) is 0 Å². The molecular weight excluding hydrogens is 431 g/mol. The van der Waals surface area contributed by atoms with E-state index in [-0.39, 0.29) is 0 Å². The Bertz CT molecular complexity index is 954. The van der Waals surface area contributed by atoms with Crippen LogP contribution in [0.4, 0.5) is 17.1 Å². The molecule has 0 radical (unpaired) electrons. The van der Waals surface area contributed by atoms with Crippen molar-refractivity contribution in [3.8, 4) is 0 Å². The quantitative estimate of drug-likeness (QED) is 0.367. The van der Waals surface area contributed by atoms with Crippen LogP contribution in [0.15, 0.2) is 97.6 Å². The van der Waals surface area contributed by atoms with Crippen LogP contribution in [0.3, 0.4) is 0 Å². The van der Waals surface area contributed by atoms with Gasteiger partial charge in [-0.25, -0.2) is 0 Å². The molecule has 1 aliphatic heterocycles. The van der Waals surface area contributed by atoms with Crippen molar-refractivity contribution in [3.05, 3.63) is 103 Å². The second kappa shape index (κ2) is 9.90. The summed E-state index contributed by atoms with van der Waals surface area (Å²) < 4.78 is 4.16. The molecule has 0 spiro atoms. The average Bonchev–Trinajstić information content (AvgIpc) is 3.18. The summed E-state index contributed by atoms with van der Waals surface area (Å²) in [5.74, 6) is 0. The van der Waals surface area contributed by atoms with Crippen LogP contribution in [0, 0.1) is 0 Å². The Morgan fingerprint density at radius 2 is 1.07 bits per heavy atom. The van der Waals surface area contributed by atoms with Crippen molar-refractivity contribution in [2.75, 3.05) is 17.4 Å². The predicted octanol–water partition coefficient (Wildman–Crippen LogP) is 8.79. The van der Waals surface area contributed by atoms with E-state index in [1.54, 1.807) is 0 Å². The Morgan fingerprint density at radius 1 is 0.621 bits per heavy atom. The third-order valence-electron chi connectivity index (χ3n) is 4.39. The predicted molar refractivity (Wildman–Crippen MR) is 138 cm³/mol. The molecular formula is C24H21NS4. The molecule has 1 aliphatic rings. The van der Waals surface area contributed by atoms with Gasteiger partial charge in [-0.1, -0.05) is 72.1 Å². The monoisotopic (exact) mass is 451 g/mol. The highest BCUT2D eigenvalue weighted by molar-refractivity contribution is 8.40. The Morgan fingerprint density at radius 3 is 1.52 bits per heavy atom. The van der Waals surface area contributed by atoms with Gasteiger partial charge in [-0.15, -0.1) is 23.5 Å². The average molecular weight is 452 g/mol. The van der Waals surface area contributed by atoms with E-state index in [9.17, 15) is 0 Å². The number of rotatable bonds is 6. The van der Waals surface area contributed by atoms with Crippen LogP contribution in [-0.2, 0) is 0 Å². The first-order chi connectivity index (χ1) is 14.3. The van der Waals surface area contributed by atoms with E-state index < -0.39 is 0 Å². The molecule has 3 aromatic carbocycles. The van der Waals surface area contributed by atoms with Crippen LogP contribution in [0.1, 0.15) is 5.56 Å². The normalized spacial score (nSPS) is 13.7. The first-order valence-corrected chi connectivity index (χ1v) is 13.3. The van der Waals surface area contributed by atoms with Gasteiger partial charge in [-0.2, -0.15) is 0 Å². The molecule has 0 bridgehead atoms. The van der Waals surface area contributed by atoms with E-state index in [0.717, 1.165) is 17.1 Å². The zero-order valence-electron chi connectivity index (χ0n) is 16.2. The highest BCUT2D eigenvalue weighted by Gasteiger charge is 2.20. The topological polar surface area (TPSA) is 3.24 Å².